The molecule has 7 heteroatoms. The zero-order valence-corrected chi connectivity index (χ0v) is 16.0. The van der Waals surface area contributed by atoms with Crippen LogP contribution in [0.15, 0.2) is 6.33 Å². The van der Waals surface area contributed by atoms with Crippen molar-refractivity contribution in [3.63, 3.8) is 0 Å². The van der Waals surface area contributed by atoms with Crippen molar-refractivity contribution < 1.29 is 4.39 Å². The van der Waals surface area contributed by atoms with Crippen LogP contribution in [0.25, 0.3) is 0 Å². The second kappa shape index (κ2) is 7.28. The molecule has 0 aliphatic carbocycles. The van der Waals surface area contributed by atoms with E-state index in [1.54, 1.807) is 0 Å². The van der Waals surface area contributed by atoms with Crippen molar-refractivity contribution in [2.24, 2.45) is 5.92 Å². The molecule has 2 aromatic rings. The molecule has 0 aromatic carbocycles. The Morgan fingerprint density at radius 2 is 2.12 bits per heavy atom. The van der Waals surface area contributed by atoms with Crippen molar-refractivity contribution in [2.45, 2.75) is 59.5 Å². The van der Waals surface area contributed by atoms with E-state index in [4.69, 9.17) is 11.6 Å². The molecule has 3 heterocycles. The molecule has 0 radical (unpaired) electrons. The van der Waals surface area contributed by atoms with Gasteiger partial charge in [0.15, 0.2) is 11.6 Å². The summed E-state index contributed by atoms with van der Waals surface area (Å²) in [5, 5.41) is 5.27. The van der Waals surface area contributed by atoms with Crippen LogP contribution in [0.3, 0.4) is 0 Å². The van der Waals surface area contributed by atoms with E-state index in [1.165, 1.54) is 6.33 Å². The Morgan fingerprint density at radius 1 is 1.36 bits per heavy atom. The minimum atomic E-state index is -0.319. The highest BCUT2D eigenvalue weighted by Crippen LogP contribution is 2.40. The number of nitrogens with zero attached hydrogens (tertiary/aromatic N) is 5. The largest absolute Gasteiger partial charge is 0.347 e. The average molecular weight is 366 g/mol. The van der Waals surface area contributed by atoms with E-state index < -0.39 is 0 Å². The van der Waals surface area contributed by atoms with E-state index in [2.05, 4.69) is 28.9 Å². The van der Waals surface area contributed by atoms with Gasteiger partial charge in [0, 0.05) is 18.7 Å². The molecule has 1 fully saturated rings. The van der Waals surface area contributed by atoms with Gasteiger partial charge < -0.3 is 4.90 Å². The Labute approximate surface area is 153 Å². The maximum absolute atomic E-state index is 14.8. The molecular weight excluding hydrogens is 341 g/mol. The molecule has 0 spiro atoms. The molecule has 1 atom stereocenters. The Bertz CT molecular complexity index is 758. The van der Waals surface area contributed by atoms with Crippen LogP contribution in [0.4, 0.5) is 10.2 Å². The molecule has 2 aromatic heterocycles. The summed E-state index contributed by atoms with van der Waals surface area (Å²) in [4.78, 5) is 10.3. The van der Waals surface area contributed by atoms with E-state index in [9.17, 15) is 4.39 Å². The van der Waals surface area contributed by atoms with Crippen molar-refractivity contribution in [1.29, 1.82) is 0 Å². The summed E-state index contributed by atoms with van der Waals surface area (Å²) in [6.07, 6.45) is 3.88. The van der Waals surface area contributed by atoms with Crippen LogP contribution in [-0.4, -0.2) is 26.3 Å². The lowest BCUT2D eigenvalue weighted by molar-refractivity contribution is 0.481. The standard InChI is InChI=1S/C18H25ClFN5/c1-5-13-16(20)18(22-10-21-13)24-8-6-7-14(24)15-12(4)23-25(17(15)19)9-11(2)3/h10-11,14H,5-9H2,1-4H3. The van der Waals surface area contributed by atoms with Gasteiger partial charge in [0.05, 0.1) is 17.4 Å². The number of anilines is 1. The van der Waals surface area contributed by atoms with Gasteiger partial charge in [-0.3, -0.25) is 4.68 Å². The Hall–Kier alpha value is -1.69. The van der Waals surface area contributed by atoms with Crippen LogP contribution in [0, 0.1) is 18.7 Å². The van der Waals surface area contributed by atoms with Gasteiger partial charge in [-0.2, -0.15) is 5.10 Å². The molecule has 136 valence electrons. The minimum Gasteiger partial charge on any atom is -0.347 e. The zero-order valence-electron chi connectivity index (χ0n) is 15.3. The highest BCUT2D eigenvalue weighted by molar-refractivity contribution is 6.30. The summed E-state index contributed by atoms with van der Waals surface area (Å²) in [5.74, 6) is 0.512. The Morgan fingerprint density at radius 3 is 2.80 bits per heavy atom. The SMILES string of the molecule is CCc1ncnc(N2CCCC2c2c(C)nn(CC(C)C)c2Cl)c1F. The lowest BCUT2D eigenvalue weighted by Crippen LogP contribution is -2.26. The maximum atomic E-state index is 14.8. The predicted octanol–water partition coefficient (Wildman–Crippen LogP) is 4.33. The fourth-order valence-electron chi connectivity index (χ4n) is 3.58. The lowest BCUT2D eigenvalue weighted by Gasteiger charge is -2.26. The monoisotopic (exact) mass is 365 g/mol. The summed E-state index contributed by atoms with van der Waals surface area (Å²) in [6, 6.07) is 0.00233. The molecule has 1 saturated heterocycles. The first-order valence-corrected chi connectivity index (χ1v) is 9.30. The smallest absolute Gasteiger partial charge is 0.187 e. The Kier molecular flexibility index (Phi) is 5.27. The first-order chi connectivity index (χ1) is 11.9. The fraction of sp³-hybridized carbons (Fsp3) is 0.611. The first-order valence-electron chi connectivity index (χ1n) is 8.92. The molecule has 0 saturated carbocycles. The van der Waals surface area contributed by atoms with Crippen LogP contribution in [0.2, 0.25) is 5.15 Å². The quantitative estimate of drug-likeness (QED) is 0.791. The summed E-state index contributed by atoms with van der Waals surface area (Å²) in [7, 11) is 0. The van der Waals surface area contributed by atoms with Crippen LogP contribution in [-0.2, 0) is 13.0 Å². The maximum Gasteiger partial charge on any atom is 0.187 e. The molecule has 0 bridgehead atoms. The molecule has 5 nitrogen and oxygen atoms in total. The third kappa shape index (κ3) is 3.36. The Balaban J connectivity index is 1.99. The lowest BCUT2D eigenvalue weighted by atomic mass is 10.1. The molecule has 1 unspecified atom stereocenters. The second-order valence-corrected chi connectivity index (χ2v) is 7.39. The van der Waals surface area contributed by atoms with Gasteiger partial charge in [0.1, 0.15) is 11.5 Å². The van der Waals surface area contributed by atoms with Crippen molar-refractivity contribution in [2.75, 3.05) is 11.4 Å². The summed E-state index contributed by atoms with van der Waals surface area (Å²) >= 11 is 6.65. The summed E-state index contributed by atoms with van der Waals surface area (Å²) in [5.41, 5.74) is 2.36. The van der Waals surface area contributed by atoms with Gasteiger partial charge >= 0.3 is 0 Å². The topological polar surface area (TPSA) is 46.8 Å². The van der Waals surface area contributed by atoms with Crippen LogP contribution >= 0.6 is 11.6 Å². The molecule has 0 amide bonds. The van der Waals surface area contributed by atoms with E-state index in [-0.39, 0.29) is 11.9 Å². The average Bonchev–Trinajstić information content (AvgIpc) is 3.12. The number of hydrogen-bond donors (Lipinski definition) is 0. The highest BCUT2D eigenvalue weighted by atomic mass is 35.5. The molecule has 0 N–H and O–H groups in total. The van der Waals surface area contributed by atoms with Gasteiger partial charge in [-0.15, -0.1) is 0 Å². The van der Waals surface area contributed by atoms with Crippen molar-refractivity contribution in [1.82, 2.24) is 19.7 Å². The molecule has 1 aliphatic rings. The van der Waals surface area contributed by atoms with Crippen molar-refractivity contribution >= 4 is 17.4 Å². The van der Waals surface area contributed by atoms with E-state index in [1.807, 2.05) is 23.4 Å². The third-order valence-electron chi connectivity index (χ3n) is 4.68. The van der Waals surface area contributed by atoms with Crippen molar-refractivity contribution in [3.05, 3.63) is 34.2 Å². The highest BCUT2D eigenvalue weighted by Gasteiger charge is 2.34. The van der Waals surface area contributed by atoms with E-state index >= 15 is 0 Å². The van der Waals surface area contributed by atoms with Gasteiger partial charge in [0.25, 0.3) is 0 Å². The minimum absolute atomic E-state index is 0.00233. The van der Waals surface area contributed by atoms with Crippen molar-refractivity contribution in [3.8, 4) is 0 Å². The molecule has 1 aliphatic heterocycles. The number of rotatable bonds is 5. The van der Waals surface area contributed by atoms with Crippen LogP contribution in [0.1, 0.15) is 56.6 Å². The number of aryl methyl sites for hydroxylation is 2. The molecule has 3 rings (SSSR count). The van der Waals surface area contributed by atoms with Gasteiger partial charge in [-0.1, -0.05) is 32.4 Å². The molecule has 25 heavy (non-hydrogen) atoms. The predicted molar refractivity (Wildman–Crippen MR) is 97.5 cm³/mol. The van der Waals surface area contributed by atoms with Gasteiger partial charge in [-0.05, 0) is 32.1 Å². The summed E-state index contributed by atoms with van der Waals surface area (Å²) in [6.45, 7) is 9.67. The number of hydrogen-bond acceptors (Lipinski definition) is 4. The van der Waals surface area contributed by atoms with Gasteiger partial charge in [0.2, 0.25) is 0 Å². The first kappa shape index (κ1) is 18.1. The molecular formula is C18H25ClFN5. The number of halogens is 2. The third-order valence-corrected chi connectivity index (χ3v) is 5.08. The number of aromatic nitrogens is 4. The van der Waals surface area contributed by atoms with Crippen LogP contribution < -0.4 is 4.90 Å². The van der Waals surface area contributed by atoms with E-state index in [0.717, 1.165) is 37.2 Å². The van der Waals surface area contributed by atoms with Crippen LogP contribution in [0.5, 0.6) is 0 Å². The zero-order chi connectivity index (χ0) is 18.1. The summed E-state index contributed by atoms with van der Waals surface area (Å²) < 4.78 is 16.6. The second-order valence-electron chi connectivity index (χ2n) is 7.03. The fourth-order valence-corrected chi connectivity index (χ4v) is 3.94. The van der Waals surface area contributed by atoms with E-state index in [0.29, 0.717) is 29.0 Å². The normalized spacial score (nSPS) is 17.7. The van der Waals surface area contributed by atoms with Gasteiger partial charge in [-0.25, -0.2) is 14.4 Å².